The monoisotopic (exact) mass is 279 g/mol. The van der Waals surface area contributed by atoms with Crippen LogP contribution in [-0.4, -0.2) is 57.9 Å². The standard InChI is InChI=1S/C15H25N3O2/c1-4-19-12-10-17-15(16-2)18(3)11-13-20-14-8-6-5-7-9-14/h5-9H,4,10-13H2,1-3H3,(H,16,17). The average Bonchev–Trinajstić information content (AvgIpc) is 2.48. The van der Waals surface area contributed by atoms with Crippen LogP contribution >= 0.6 is 0 Å². The summed E-state index contributed by atoms with van der Waals surface area (Å²) in [6.07, 6.45) is 0. The molecule has 112 valence electrons. The van der Waals surface area contributed by atoms with Crippen LogP contribution in [0.3, 0.4) is 0 Å². The second-order valence-corrected chi connectivity index (χ2v) is 4.25. The Morgan fingerprint density at radius 1 is 1.25 bits per heavy atom. The fraction of sp³-hybridized carbons (Fsp3) is 0.533. The lowest BCUT2D eigenvalue weighted by atomic mass is 10.3. The predicted molar refractivity (Wildman–Crippen MR) is 82.4 cm³/mol. The first-order valence-electron chi connectivity index (χ1n) is 6.95. The van der Waals surface area contributed by atoms with Crippen molar-refractivity contribution in [2.24, 2.45) is 4.99 Å². The summed E-state index contributed by atoms with van der Waals surface area (Å²) in [5.74, 6) is 1.74. The minimum Gasteiger partial charge on any atom is -0.492 e. The maximum Gasteiger partial charge on any atom is 0.193 e. The van der Waals surface area contributed by atoms with Crippen molar-refractivity contribution in [3.05, 3.63) is 30.3 Å². The lowest BCUT2D eigenvalue weighted by Gasteiger charge is -2.22. The van der Waals surface area contributed by atoms with Gasteiger partial charge in [-0.2, -0.15) is 0 Å². The van der Waals surface area contributed by atoms with Gasteiger partial charge in [-0.15, -0.1) is 0 Å². The second kappa shape index (κ2) is 10.1. The van der Waals surface area contributed by atoms with E-state index in [-0.39, 0.29) is 0 Å². The number of nitrogens with one attached hydrogen (secondary N) is 1. The molecule has 5 nitrogen and oxygen atoms in total. The highest BCUT2D eigenvalue weighted by Gasteiger charge is 2.05. The third-order valence-electron chi connectivity index (χ3n) is 2.75. The minimum atomic E-state index is 0.618. The molecule has 0 amide bonds. The number of nitrogens with zero attached hydrogens (tertiary/aromatic N) is 2. The highest BCUT2D eigenvalue weighted by molar-refractivity contribution is 5.79. The van der Waals surface area contributed by atoms with Gasteiger partial charge < -0.3 is 19.7 Å². The molecule has 0 aliphatic rings. The van der Waals surface area contributed by atoms with Gasteiger partial charge in [0.2, 0.25) is 0 Å². The fourth-order valence-corrected chi connectivity index (χ4v) is 1.69. The molecule has 0 saturated heterocycles. The summed E-state index contributed by atoms with van der Waals surface area (Å²) in [6, 6.07) is 9.81. The van der Waals surface area contributed by atoms with Crippen molar-refractivity contribution in [2.75, 3.05) is 47.0 Å². The number of hydrogen-bond donors (Lipinski definition) is 1. The Morgan fingerprint density at radius 2 is 2.00 bits per heavy atom. The van der Waals surface area contributed by atoms with Crippen molar-refractivity contribution >= 4 is 5.96 Å². The molecule has 0 heterocycles. The number of benzene rings is 1. The van der Waals surface area contributed by atoms with Gasteiger partial charge in [-0.1, -0.05) is 18.2 Å². The third kappa shape index (κ3) is 6.43. The summed E-state index contributed by atoms with van der Waals surface area (Å²) in [7, 11) is 3.77. The molecule has 0 aromatic heterocycles. The number of aliphatic imine (C=N–C) groups is 1. The maximum atomic E-state index is 5.67. The van der Waals surface area contributed by atoms with Crippen molar-refractivity contribution in [3.8, 4) is 5.75 Å². The van der Waals surface area contributed by atoms with Gasteiger partial charge in [0, 0.05) is 27.2 Å². The summed E-state index contributed by atoms with van der Waals surface area (Å²) < 4.78 is 11.0. The molecule has 0 saturated carbocycles. The van der Waals surface area contributed by atoms with Crippen molar-refractivity contribution in [3.63, 3.8) is 0 Å². The largest absolute Gasteiger partial charge is 0.492 e. The Hall–Kier alpha value is -1.75. The van der Waals surface area contributed by atoms with Crippen LogP contribution in [0.15, 0.2) is 35.3 Å². The summed E-state index contributed by atoms with van der Waals surface area (Å²) in [4.78, 5) is 6.27. The smallest absolute Gasteiger partial charge is 0.193 e. The quantitative estimate of drug-likeness (QED) is 0.446. The van der Waals surface area contributed by atoms with Gasteiger partial charge in [0.25, 0.3) is 0 Å². The number of guanidine groups is 1. The fourth-order valence-electron chi connectivity index (χ4n) is 1.69. The molecule has 0 bridgehead atoms. The molecular weight excluding hydrogens is 254 g/mol. The van der Waals surface area contributed by atoms with E-state index in [4.69, 9.17) is 9.47 Å². The molecule has 1 N–H and O–H groups in total. The summed E-state index contributed by atoms with van der Waals surface area (Å²) in [5.41, 5.74) is 0. The highest BCUT2D eigenvalue weighted by atomic mass is 16.5. The zero-order valence-electron chi connectivity index (χ0n) is 12.6. The molecule has 1 rings (SSSR count). The molecule has 0 fully saturated rings. The average molecular weight is 279 g/mol. The van der Waals surface area contributed by atoms with Gasteiger partial charge in [0.05, 0.1) is 13.2 Å². The van der Waals surface area contributed by atoms with Crippen LogP contribution in [0.2, 0.25) is 0 Å². The van der Waals surface area contributed by atoms with E-state index in [9.17, 15) is 0 Å². The molecule has 0 atom stereocenters. The maximum absolute atomic E-state index is 5.67. The number of hydrogen-bond acceptors (Lipinski definition) is 3. The van der Waals surface area contributed by atoms with Gasteiger partial charge in [-0.3, -0.25) is 4.99 Å². The Kier molecular flexibility index (Phi) is 8.22. The Labute approximate surface area is 121 Å². The zero-order chi connectivity index (χ0) is 14.6. The van der Waals surface area contributed by atoms with Crippen LogP contribution in [0.4, 0.5) is 0 Å². The Bertz CT molecular complexity index is 382. The summed E-state index contributed by atoms with van der Waals surface area (Å²) in [6.45, 7) is 5.55. The van der Waals surface area contributed by atoms with Crippen molar-refractivity contribution < 1.29 is 9.47 Å². The first kappa shape index (κ1) is 16.3. The summed E-state index contributed by atoms with van der Waals surface area (Å²) in [5, 5.41) is 3.25. The van der Waals surface area contributed by atoms with Crippen LogP contribution in [0.25, 0.3) is 0 Å². The predicted octanol–water partition coefficient (Wildman–Crippen LogP) is 1.61. The Morgan fingerprint density at radius 3 is 2.65 bits per heavy atom. The minimum absolute atomic E-state index is 0.618. The number of para-hydroxylation sites is 1. The van der Waals surface area contributed by atoms with Crippen molar-refractivity contribution in [1.82, 2.24) is 10.2 Å². The number of rotatable bonds is 8. The van der Waals surface area contributed by atoms with E-state index in [0.29, 0.717) is 13.2 Å². The SMILES string of the molecule is CCOCCNC(=NC)N(C)CCOc1ccccc1. The number of ether oxygens (including phenoxy) is 2. The first-order valence-corrected chi connectivity index (χ1v) is 6.95. The molecule has 0 aliphatic heterocycles. The van der Waals surface area contributed by atoms with Gasteiger partial charge in [0.15, 0.2) is 5.96 Å². The van der Waals surface area contributed by atoms with Gasteiger partial charge in [-0.05, 0) is 19.1 Å². The topological polar surface area (TPSA) is 46.1 Å². The molecule has 5 heteroatoms. The van der Waals surface area contributed by atoms with Gasteiger partial charge in [-0.25, -0.2) is 0 Å². The van der Waals surface area contributed by atoms with Gasteiger partial charge >= 0.3 is 0 Å². The van der Waals surface area contributed by atoms with E-state index >= 15 is 0 Å². The van der Waals surface area contributed by atoms with Crippen LogP contribution in [0.5, 0.6) is 5.75 Å². The Balaban J connectivity index is 2.24. The number of likely N-dealkylation sites (N-methyl/N-ethyl adjacent to an activating group) is 1. The second-order valence-electron chi connectivity index (χ2n) is 4.25. The third-order valence-corrected chi connectivity index (χ3v) is 2.75. The molecule has 0 aliphatic carbocycles. The zero-order valence-corrected chi connectivity index (χ0v) is 12.6. The lowest BCUT2D eigenvalue weighted by Crippen LogP contribution is -2.42. The van der Waals surface area contributed by atoms with Crippen LogP contribution in [0, 0.1) is 0 Å². The van der Waals surface area contributed by atoms with Crippen molar-refractivity contribution in [1.29, 1.82) is 0 Å². The highest BCUT2D eigenvalue weighted by Crippen LogP contribution is 2.07. The van der Waals surface area contributed by atoms with Crippen LogP contribution < -0.4 is 10.1 Å². The van der Waals surface area contributed by atoms with Crippen LogP contribution in [-0.2, 0) is 4.74 Å². The van der Waals surface area contributed by atoms with E-state index in [0.717, 1.165) is 31.4 Å². The molecular formula is C15H25N3O2. The van der Waals surface area contributed by atoms with E-state index in [1.807, 2.05) is 49.2 Å². The van der Waals surface area contributed by atoms with E-state index < -0.39 is 0 Å². The van der Waals surface area contributed by atoms with E-state index in [1.165, 1.54) is 0 Å². The molecule has 0 unspecified atom stereocenters. The first-order chi connectivity index (χ1) is 9.77. The molecule has 20 heavy (non-hydrogen) atoms. The molecule has 1 aromatic carbocycles. The van der Waals surface area contributed by atoms with Crippen molar-refractivity contribution in [2.45, 2.75) is 6.92 Å². The molecule has 0 spiro atoms. The molecule has 1 aromatic rings. The van der Waals surface area contributed by atoms with Gasteiger partial charge in [0.1, 0.15) is 12.4 Å². The van der Waals surface area contributed by atoms with Crippen LogP contribution in [0.1, 0.15) is 6.92 Å². The lowest BCUT2D eigenvalue weighted by molar-refractivity contribution is 0.152. The summed E-state index contributed by atoms with van der Waals surface area (Å²) >= 11 is 0. The molecule has 0 radical (unpaired) electrons. The van der Waals surface area contributed by atoms with E-state index in [2.05, 4.69) is 10.3 Å². The van der Waals surface area contributed by atoms with E-state index in [1.54, 1.807) is 7.05 Å². The normalized spacial score (nSPS) is 11.2.